The van der Waals surface area contributed by atoms with E-state index in [0.29, 0.717) is 23.9 Å². The quantitative estimate of drug-likeness (QED) is 0.0243. The second-order valence-corrected chi connectivity index (χ2v) is 28.1. The summed E-state index contributed by atoms with van der Waals surface area (Å²) in [7, 11) is 1.64. The number of allylic oxidation sites excluding steroid dienone is 2. The second-order valence-electron chi connectivity index (χ2n) is 26.7. The number of amides is 1. The molecule has 8 nitrogen and oxygen atoms in total. The standard InChI is InChI=1S/C72H145N2O6P/c1-6-8-10-12-14-16-18-20-22-24-26-28-30-31-32-33-34-35-36-37-38-39-40-41-42-43-44-46-48-50-52-54-56-58-60-62-64-66-72(76)73-70(69-80-81(77,78)79-68-67-74(3,4)5)71(75)65-63-61-59-57-55-53-51-49-47-45-29-27-25-23-21-19-17-15-13-11-9-7-2/h24,26,70-71,75H,6-23,25,27-69H2,1-5H3,(H-,73,76,77,78)/p+1/b26-24-. The number of quaternary nitrogens is 1. The van der Waals surface area contributed by atoms with Gasteiger partial charge in [0.1, 0.15) is 13.2 Å². The van der Waals surface area contributed by atoms with Gasteiger partial charge in [0.25, 0.3) is 0 Å². The Morgan fingerprint density at radius 1 is 0.407 bits per heavy atom. The number of likely N-dealkylation sites (N-methyl/N-ethyl adjacent to an activating group) is 1. The number of phosphoric ester groups is 1. The molecule has 0 aliphatic rings. The molecule has 0 saturated carbocycles. The van der Waals surface area contributed by atoms with Gasteiger partial charge in [0.15, 0.2) is 0 Å². The first-order valence-corrected chi connectivity index (χ1v) is 38.0. The molecule has 0 fully saturated rings. The molecule has 0 aromatic carbocycles. The third kappa shape index (κ3) is 66.6. The van der Waals surface area contributed by atoms with Gasteiger partial charge in [-0.25, -0.2) is 4.57 Å². The zero-order valence-corrected chi connectivity index (χ0v) is 56.5. The van der Waals surface area contributed by atoms with Crippen molar-refractivity contribution in [2.24, 2.45) is 0 Å². The Kier molecular flexibility index (Phi) is 63.1. The van der Waals surface area contributed by atoms with Crippen LogP contribution in [0.25, 0.3) is 0 Å². The molecule has 0 rings (SSSR count). The van der Waals surface area contributed by atoms with Crippen LogP contribution in [0.2, 0.25) is 0 Å². The summed E-state index contributed by atoms with van der Waals surface area (Å²) in [6.07, 6.45) is 81.9. The maximum atomic E-state index is 13.1. The van der Waals surface area contributed by atoms with Gasteiger partial charge >= 0.3 is 7.82 Å². The van der Waals surface area contributed by atoms with E-state index in [-0.39, 0.29) is 19.1 Å². The molecule has 3 N–H and O–H groups in total. The zero-order valence-electron chi connectivity index (χ0n) is 55.6. The van der Waals surface area contributed by atoms with Crippen molar-refractivity contribution in [3.63, 3.8) is 0 Å². The number of aliphatic hydroxyl groups is 1. The van der Waals surface area contributed by atoms with Gasteiger partial charge in [-0.15, -0.1) is 0 Å². The number of unbranched alkanes of at least 4 members (excludes halogenated alkanes) is 54. The molecule has 3 atom stereocenters. The Morgan fingerprint density at radius 3 is 0.951 bits per heavy atom. The maximum absolute atomic E-state index is 13.1. The smallest absolute Gasteiger partial charge is 0.391 e. The summed E-state index contributed by atoms with van der Waals surface area (Å²) in [6, 6.07) is -0.758. The van der Waals surface area contributed by atoms with Crippen molar-refractivity contribution in [3.8, 4) is 0 Å². The summed E-state index contributed by atoms with van der Waals surface area (Å²) in [4.78, 5) is 23.5. The third-order valence-electron chi connectivity index (χ3n) is 17.3. The SMILES string of the molecule is CCCCCCCCCC/C=C\CCCCCCCCCCCCCCCCCCCCCCCCCCCC(=O)NC(COP(=O)(O)OCC[N+](C)(C)C)C(O)CCCCCCCCCCCCCCCCCCCCCCCC. The number of hydrogen-bond donors (Lipinski definition) is 3. The Labute approximate surface area is 507 Å². The molecule has 0 heterocycles. The third-order valence-corrected chi connectivity index (χ3v) is 18.2. The average Bonchev–Trinajstić information content (AvgIpc) is 3.43. The molecule has 9 heteroatoms. The lowest BCUT2D eigenvalue weighted by Gasteiger charge is -2.26. The molecule has 484 valence electrons. The lowest BCUT2D eigenvalue weighted by atomic mass is 10.0. The van der Waals surface area contributed by atoms with Crippen molar-refractivity contribution in [1.82, 2.24) is 5.32 Å². The molecular formula is C72H146N2O6P+. The van der Waals surface area contributed by atoms with Crippen molar-refractivity contribution >= 4 is 13.7 Å². The predicted octanol–water partition coefficient (Wildman–Crippen LogP) is 23.3. The van der Waals surface area contributed by atoms with Crippen LogP contribution in [0.1, 0.15) is 393 Å². The number of nitrogens with zero attached hydrogens (tertiary/aromatic N) is 1. The number of rotatable bonds is 69. The first-order chi connectivity index (χ1) is 39.5. The lowest BCUT2D eigenvalue weighted by molar-refractivity contribution is -0.870. The van der Waals surface area contributed by atoms with Crippen LogP contribution in [0.5, 0.6) is 0 Å². The Balaban J connectivity index is 3.91. The molecule has 0 aromatic heterocycles. The average molecular weight is 1170 g/mol. The fourth-order valence-electron chi connectivity index (χ4n) is 11.6. The van der Waals surface area contributed by atoms with Gasteiger partial charge in [-0.1, -0.05) is 360 Å². The lowest BCUT2D eigenvalue weighted by Crippen LogP contribution is -2.46. The van der Waals surface area contributed by atoms with Crippen LogP contribution in [0.4, 0.5) is 0 Å². The van der Waals surface area contributed by atoms with Gasteiger partial charge in [-0.05, 0) is 38.5 Å². The topological polar surface area (TPSA) is 105 Å². The molecule has 81 heavy (non-hydrogen) atoms. The molecule has 1 amide bonds. The monoisotopic (exact) mass is 1170 g/mol. The molecule has 0 aliphatic heterocycles. The van der Waals surface area contributed by atoms with Gasteiger partial charge in [0.2, 0.25) is 5.91 Å². The highest BCUT2D eigenvalue weighted by molar-refractivity contribution is 7.47. The summed E-state index contributed by atoms with van der Waals surface area (Å²) < 4.78 is 23.9. The number of hydrogen-bond acceptors (Lipinski definition) is 5. The van der Waals surface area contributed by atoms with Crippen molar-refractivity contribution in [2.75, 3.05) is 40.9 Å². The summed E-state index contributed by atoms with van der Waals surface area (Å²) in [5.74, 6) is -0.134. The van der Waals surface area contributed by atoms with E-state index in [4.69, 9.17) is 9.05 Å². The molecule has 0 spiro atoms. The van der Waals surface area contributed by atoms with Crippen LogP contribution in [0.3, 0.4) is 0 Å². The highest BCUT2D eigenvalue weighted by Crippen LogP contribution is 2.43. The van der Waals surface area contributed by atoms with E-state index in [0.717, 1.165) is 38.5 Å². The van der Waals surface area contributed by atoms with E-state index >= 15 is 0 Å². The molecule has 0 radical (unpaired) electrons. The van der Waals surface area contributed by atoms with Crippen LogP contribution >= 0.6 is 7.82 Å². The minimum atomic E-state index is -4.33. The number of aliphatic hydroxyl groups excluding tert-OH is 1. The summed E-state index contributed by atoms with van der Waals surface area (Å²) in [5.41, 5.74) is 0. The largest absolute Gasteiger partial charge is 0.472 e. The minimum Gasteiger partial charge on any atom is -0.391 e. The Bertz CT molecular complexity index is 1320. The summed E-state index contributed by atoms with van der Waals surface area (Å²) >= 11 is 0. The van der Waals surface area contributed by atoms with Crippen molar-refractivity contribution in [1.29, 1.82) is 0 Å². The van der Waals surface area contributed by atoms with Crippen LogP contribution in [0, 0.1) is 0 Å². The normalized spacial score (nSPS) is 13.6. The van der Waals surface area contributed by atoms with Gasteiger partial charge < -0.3 is 19.8 Å². The second kappa shape index (κ2) is 63.7. The molecule has 3 unspecified atom stereocenters. The fraction of sp³-hybridized carbons (Fsp3) is 0.958. The summed E-state index contributed by atoms with van der Waals surface area (Å²) in [6.45, 7) is 4.96. The fourth-order valence-corrected chi connectivity index (χ4v) is 12.3. The predicted molar refractivity (Wildman–Crippen MR) is 355 cm³/mol. The molecule has 0 aliphatic carbocycles. The van der Waals surface area contributed by atoms with E-state index in [1.54, 1.807) is 0 Å². The molecule has 0 aromatic rings. The van der Waals surface area contributed by atoms with E-state index in [1.165, 1.54) is 327 Å². The van der Waals surface area contributed by atoms with Crippen molar-refractivity contribution in [3.05, 3.63) is 12.2 Å². The number of carbonyl (C=O) groups excluding carboxylic acids is 1. The van der Waals surface area contributed by atoms with Crippen LogP contribution in [-0.4, -0.2) is 73.4 Å². The van der Waals surface area contributed by atoms with Crippen LogP contribution in [-0.2, 0) is 18.4 Å². The Morgan fingerprint density at radius 2 is 0.667 bits per heavy atom. The highest BCUT2D eigenvalue weighted by atomic mass is 31.2. The molecule has 0 saturated heterocycles. The molecular weight excluding hydrogens is 1020 g/mol. The number of carbonyl (C=O) groups is 1. The summed E-state index contributed by atoms with van der Waals surface area (Å²) in [5, 5.41) is 14.2. The number of nitrogens with one attached hydrogen (secondary N) is 1. The van der Waals surface area contributed by atoms with Gasteiger partial charge in [-0.2, -0.15) is 0 Å². The minimum absolute atomic E-state index is 0.0787. The highest BCUT2D eigenvalue weighted by Gasteiger charge is 2.28. The maximum Gasteiger partial charge on any atom is 0.472 e. The van der Waals surface area contributed by atoms with Gasteiger partial charge in [0.05, 0.1) is 39.9 Å². The van der Waals surface area contributed by atoms with E-state index in [9.17, 15) is 19.4 Å². The molecule has 0 bridgehead atoms. The van der Waals surface area contributed by atoms with E-state index in [1.807, 2.05) is 21.1 Å². The first kappa shape index (κ1) is 80.2. The van der Waals surface area contributed by atoms with Crippen LogP contribution < -0.4 is 5.32 Å². The van der Waals surface area contributed by atoms with Crippen LogP contribution in [0.15, 0.2) is 12.2 Å². The van der Waals surface area contributed by atoms with E-state index in [2.05, 4.69) is 31.3 Å². The van der Waals surface area contributed by atoms with Gasteiger partial charge in [0, 0.05) is 6.42 Å². The Hall–Kier alpha value is -0.760. The zero-order chi connectivity index (χ0) is 59.1. The van der Waals surface area contributed by atoms with E-state index < -0.39 is 20.0 Å². The van der Waals surface area contributed by atoms with Crippen molar-refractivity contribution < 1.29 is 32.9 Å². The van der Waals surface area contributed by atoms with Crippen molar-refractivity contribution in [2.45, 2.75) is 405 Å². The number of phosphoric acid groups is 1. The first-order valence-electron chi connectivity index (χ1n) is 36.6. The van der Waals surface area contributed by atoms with Gasteiger partial charge in [-0.3, -0.25) is 13.8 Å².